The molecule has 0 saturated carbocycles. The zero-order chi connectivity index (χ0) is 13.9. The van der Waals surface area contributed by atoms with Gasteiger partial charge in [-0.3, -0.25) is 4.79 Å². The van der Waals surface area contributed by atoms with Crippen LogP contribution in [0.3, 0.4) is 0 Å². The number of anilines is 1. The Morgan fingerprint density at radius 1 is 1.17 bits per heavy atom. The van der Waals surface area contributed by atoms with Crippen molar-refractivity contribution < 1.29 is 13.2 Å². The molecular weight excluding hydrogens is 274 g/mol. The van der Waals surface area contributed by atoms with Gasteiger partial charge in [-0.25, -0.2) is 8.42 Å². The van der Waals surface area contributed by atoms with Gasteiger partial charge in [0.25, 0.3) is 9.05 Å². The van der Waals surface area contributed by atoms with Crippen LogP contribution in [0.25, 0.3) is 0 Å². The lowest BCUT2D eigenvalue weighted by atomic mass is 9.97. The summed E-state index contributed by atoms with van der Waals surface area (Å²) in [4.78, 5) is 11.8. The molecule has 18 heavy (non-hydrogen) atoms. The molecule has 0 aromatic heterocycles. The Bertz CT molecular complexity index is 523. The fourth-order valence-corrected chi connectivity index (χ4v) is 2.03. The van der Waals surface area contributed by atoms with Crippen LogP contribution in [0.1, 0.15) is 20.8 Å². The lowest BCUT2D eigenvalue weighted by Crippen LogP contribution is -2.24. The van der Waals surface area contributed by atoms with E-state index >= 15 is 0 Å². The largest absolute Gasteiger partial charge is 0.326 e. The van der Waals surface area contributed by atoms with Gasteiger partial charge in [0, 0.05) is 22.3 Å². The van der Waals surface area contributed by atoms with E-state index in [2.05, 4.69) is 5.32 Å². The average molecular weight is 290 g/mol. The van der Waals surface area contributed by atoms with Crippen molar-refractivity contribution >= 4 is 31.3 Å². The second-order valence-corrected chi connectivity index (χ2v) is 7.05. The van der Waals surface area contributed by atoms with Crippen molar-refractivity contribution in [3.8, 4) is 0 Å². The van der Waals surface area contributed by atoms with Crippen LogP contribution in [-0.4, -0.2) is 14.3 Å². The van der Waals surface area contributed by atoms with E-state index in [4.69, 9.17) is 10.7 Å². The van der Waals surface area contributed by atoms with Crippen LogP contribution in [0.15, 0.2) is 29.2 Å². The molecule has 1 rings (SSSR count). The summed E-state index contributed by atoms with van der Waals surface area (Å²) >= 11 is 0. The molecule has 0 aliphatic carbocycles. The smallest absolute Gasteiger partial charge is 0.261 e. The van der Waals surface area contributed by atoms with Crippen molar-refractivity contribution in [2.75, 3.05) is 5.32 Å². The van der Waals surface area contributed by atoms with Gasteiger partial charge in [-0.1, -0.05) is 20.8 Å². The SMILES string of the molecule is CC(C)C(C)C(=O)Nc1ccc(S(=O)(=O)Cl)cc1. The van der Waals surface area contributed by atoms with E-state index in [0.29, 0.717) is 5.69 Å². The predicted molar refractivity (Wildman–Crippen MR) is 72.1 cm³/mol. The Morgan fingerprint density at radius 2 is 1.67 bits per heavy atom. The van der Waals surface area contributed by atoms with Crippen molar-refractivity contribution in [1.82, 2.24) is 0 Å². The number of carbonyl (C=O) groups is 1. The Morgan fingerprint density at radius 3 is 2.06 bits per heavy atom. The minimum Gasteiger partial charge on any atom is -0.326 e. The summed E-state index contributed by atoms with van der Waals surface area (Å²) in [6.45, 7) is 5.78. The van der Waals surface area contributed by atoms with Crippen LogP contribution in [0, 0.1) is 11.8 Å². The molecule has 0 bridgehead atoms. The van der Waals surface area contributed by atoms with Crippen molar-refractivity contribution in [3.05, 3.63) is 24.3 Å². The van der Waals surface area contributed by atoms with Gasteiger partial charge in [-0.15, -0.1) is 0 Å². The highest BCUT2D eigenvalue weighted by Gasteiger charge is 2.17. The molecular formula is C12H16ClNO3S. The number of hydrogen-bond acceptors (Lipinski definition) is 3. The third-order valence-electron chi connectivity index (χ3n) is 2.82. The maximum Gasteiger partial charge on any atom is 0.261 e. The molecule has 0 heterocycles. The van der Waals surface area contributed by atoms with Gasteiger partial charge in [-0.05, 0) is 30.2 Å². The molecule has 100 valence electrons. The Balaban J connectivity index is 2.79. The topological polar surface area (TPSA) is 63.2 Å². The molecule has 1 atom stereocenters. The molecule has 0 aliphatic rings. The minimum absolute atomic E-state index is 0.0130. The summed E-state index contributed by atoms with van der Waals surface area (Å²) in [6.07, 6.45) is 0. The van der Waals surface area contributed by atoms with Gasteiger partial charge in [0.05, 0.1) is 4.90 Å². The minimum atomic E-state index is -3.72. The third kappa shape index (κ3) is 3.99. The Labute approximate surface area is 112 Å². The number of benzene rings is 1. The molecule has 1 N–H and O–H groups in total. The van der Waals surface area contributed by atoms with Gasteiger partial charge in [0.1, 0.15) is 0 Å². The summed E-state index contributed by atoms with van der Waals surface area (Å²) in [7, 11) is 1.48. The van der Waals surface area contributed by atoms with Crippen LogP contribution in [-0.2, 0) is 13.8 Å². The van der Waals surface area contributed by atoms with E-state index in [-0.39, 0.29) is 22.6 Å². The molecule has 1 aromatic rings. The molecule has 0 aliphatic heterocycles. The Hall–Kier alpha value is -1.07. The first kappa shape index (κ1) is 15.0. The van der Waals surface area contributed by atoms with Crippen molar-refractivity contribution in [1.29, 1.82) is 0 Å². The number of hydrogen-bond donors (Lipinski definition) is 1. The lowest BCUT2D eigenvalue weighted by Gasteiger charge is -2.15. The van der Waals surface area contributed by atoms with E-state index in [1.54, 1.807) is 0 Å². The van der Waals surface area contributed by atoms with Crippen molar-refractivity contribution in [2.24, 2.45) is 11.8 Å². The molecule has 4 nitrogen and oxygen atoms in total. The van der Waals surface area contributed by atoms with E-state index in [0.717, 1.165) is 0 Å². The number of amides is 1. The number of carbonyl (C=O) groups excluding carboxylic acids is 1. The molecule has 1 amide bonds. The monoisotopic (exact) mass is 289 g/mol. The van der Waals surface area contributed by atoms with Gasteiger partial charge in [0.15, 0.2) is 0 Å². The summed E-state index contributed by atoms with van der Waals surface area (Å²) in [5.41, 5.74) is 0.552. The number of rotatable bonds is 4. The highest BCUT2D eigenvalue weighted by molar-refractivity contribution is 8.13. The highest BCUT2D eigenvalue weighted by Crippen LogP contribution is 2.19. The fourth-order valence-electron chi connectivity index (χ4n) is 1.26. The predicted octanol–water partition coefficient (Wildman–Crippen LogP) is 2.84. The molecule has 0 saturated heterocycles. The first-order valence-corrected chi connectivity index (χ1v) is 7.88. The lowest BCUT2D eigenvalue weighted by molar-refractivity contribution is -0.120. The first-order chi connectivity index (χ1) is 8.21. The van der Waals surface area contributed by atoms with Gasteiger partial charge in [-0.2, -0.15) is 0 Å². The molecule has 0 spiro atoms. The molecule has 6 heteroatoms. The van der Waals surface area contributed by atoms with Crippen molar-refractivity contribution in [2.45, 2.75) is 25.7 Å². The van der Waals surface area contributed by atoms with E-state index in [1.165, 1.54) is 24.3 Å². The van der Waals surface area contributed by atoms with Crippen LogP contribution in [0.5, 0.6) is 0 Å². The Kier molecular flexibility index (Phi) is 4.76. The zero-order valence-corrected chi connectivity index (χ0v) is 12.0. The molecule has 0 fully saturated rings. The summed E-state index contributed by atoms with van der Waals surface area (Å²) < 4.78 is 22.1. The maximum atomic E-state index is 11.8. The zero-order valence-electron chi connectivity index (χ0n) is 10.5. The third-order valence-corrected chi connectivity index (χ3v) is 4.19. The highest BCUT2D eigenvalue weighted by atomic mass is 35.7. The van der Waals surface area contributed by atoms with Gasteiger partial charge >= 0.3 is 0 Å². The summed E-state index contributed by atoms with van der Waals surface area (Å²) in [6, 6.07) is 5.75. The maximum absolute atomic E-state index is 11.8. The van der Waals surface area contributed by atoms with Crippen LogP contribution in [0.4, 0.5) is 5.69 Å². The fraction of sp³-hybridized carbons (Fsp3) is 0.417. The van der Waals surface area contributed by atoms with Gasteiger partial charge in [0.2, 0.25) is 5.91 Å². The van der Waals surface area contributed by atoms with Crippen LogP contribution in [0.2, 0.25) is 0 Å². The van der Waals surface area contributed by atoms with E-state index in [1.807, 2.05) is 20.8 Å². The van der Waals surface area contributed by atoms with Crippen LogP contribution >= 0.6 is 10.7 Å². The quantitative estimate of drug-likeness (QED) is 0.867. The average Bonchev–Trinajstić information content (AvgIpc) is 2.27. The normalized spacial score (nSPS) is 13.4. The van der Waals surface area contributed by atoms with E-state index in [9.17, 15) is 13.2 Å². The van der Waals surface area contributed by atoms with Crippen molar-refractivity contribution in [3.63, 3.8) is 0 Å². The molecule has 1 unspecified atom stereocenters. The molecule has 0 radical (unpaired) electrons. The second kappa shape index (κ2) is 5.71. The van der Waals surface area contributed by atoms with E-state index < -0.39 is 9.05 Å². The second-order valence-electron chi connectivity index (χ2n) is 4.48. The summed E-state index contributed by atoms with van der Waals surface area (Å²) in [5, 5.41) is 2.72. The van der Waals surface area contributed by atoms with Gasteiger partial charge < -0.3 is 5.32 Å². The summed E-state index contributed by atoms with van der Waals surface area (Å²) in [5.74, 6) is 0.0420. The first-order valence-electron chi connectivity index (χ1n) is 5.57. The molecule has 1 aromatic carbocycles. The standard InChI is InChI=1S/C12H16ClNO3S/c1-8(2)9(3)12(15)14-10-4-6-11(7-5-10)18(13,16)17/h4-9H,1-3H3,(H,14,15). The van der Waals surface area contributed by atoms with Crippen LogP contribution < -0.4 is 5.32 Å². The number of halogens is 1. The number of nitrogens with one attached hydrogen (secondary N) is 1.